The molecule has 0 aliphatic carbocycles. The highest BCUT2D eigenvalue weighted by molar-refractivity contribution is 9.10. The summed E-state index contributed by atoms with van der Waals surface area (Å²) < 4.78 is 1.06. The third-order valence-corrected chi connectivity index (χ3v) is 7.41. The molecule has 0 saturated carbocycles. The quantitative estimate of drug-likeness (QED) is 0.588. The van der Waals surface area contributed by atoms with E-state index in [2.05, 4.69) is 62.4 Å². The second-order valence-corrected chi connectivity index (χ2v) is 9.40. The van der Waals surface area contributed by atoms with Crippen LogP contribution in [0.5, 0.6) is 0 Å². The molecular weight excluding hydrogens is 442 g/mol. The number of fused-ring (bicyclic) bond motifs is 1. The molecule has 0 saturated heterocycles. The molecule has 140 valence electrons. The Bertz CT molecular complexity index is 966. The van der Waals surface area contributed by atoms with Gasteiger partial charge < -0.3 is 10.2 Å². The van der Waals surface area contributed by atoms with E-state index in [1.807, 2.05) is 10.8 Å². The molecule has 0 radical (unpaired) electrons. The number of carbonyl (C=O) groups is 1. The van der Waals surface area contributed by atoms with Crippen LogP contribution in [-0.2, 0) is 24.2 Å². The highest BCUT2D eigenvalue weighted by atomic mass is 79.9. The van der Waals surface area contributed by atoms with Gasteiger partial charge in [-0.3, -0.25) is 4.79 Å². The van der Waals surface area contributed by atoms with E-state index >= 15 is 0 Å². The van der Waals surface area contributed by atoms with Gasteiger partial charge in [-0.1, -0.05) is 12.1 Å². The monoisotopic (exact) mass is 461 g/mol. The standard InChI is InChI=1S/C20H20BrN3OS2/c1-24-6-2-3-14-7-13(4-5-17(14)24)10-22-19(25)9-16-12-27-20(23-16)18-8-15(21)11-26-18/h4-5,7-8,11-12H,2-3,6,9-10H2,1H3,(H,22,25). The Morgan fingerprint density at radius 3 is 3.00 bits per heavy atom. The van der Waals surface area contributed by atoms with E-state index in [4.69, 9.17) is 0 Å². The van der Waals surface area contributed by atoms with Gasteiger partial charge in [-0.05, 0) is 52.0 Å². The van der Waals surface area contributed by atoms with E-state index in [0.29, 0.717) is 13.0 Å². The van der Waals surface area contributed by atoms with Gasteiger partial charge in [0.05, 0.1) is 17.0 Å². The summed E-state index contributed by atoms with van der Waals surface area (Å²) in [7, 11) is 2.14. The number of thiophene rings is 1. The minimum Gasteiger partial charge on any atom is -0.374 e. The van der Waals surface area contributed by atoms with Crippen molar-refractivity contribution in [3.8, 4) is 9.88 Å². The molecule has 0 fully saturated rings. The first-order chi connectivity index (χ1) is 13.1. The minimum atomic E-state index is 0.00838. The number of aromatic nitrogens is 1. The van der Waals surface area contributed by atoms with E-state index < -0.39 is 0 Å². The molecule has 3 aromatic rings. The fraction of sp³-hybridized carbons (Fsp3) is 0.300. The molecule has 2 aromatic heterocycles. The average Bonchev–Trinajstić information content (AvgIpc) is 3.29. The Balaban J connectivity index is 1.34. The molecule has 0 atom stereocenters. The molecule has 0 unspecified atom stereocenters. The van der Waals surface area contributed by atoms with Crippen LogP contribution in [0, 0.1) is 0 Å². The molecule has 1 amide bonds. The number of thiazole rings is 1. The van der Waals surface area contributed by atoms with Crippen LogP contribution in [0.1, 0.15) is 23.2 Å². The van der Waals surface area contributed by atoms with Gasteiger partial charge in [-0.15, -0.1) is 22.7 Å². The second-order valence-electron chi connectivity index (χ2n) is 6.71. The lowest BCUT2D eigenvalue weighted by atomic mass is 9.99. The van der Waals surface area contributed by atoms with Gasteiger partial charge in [0.25, 0.3) is 0 Å². The summed E-state index contributed by atoms with van der Waals surface area (Å²) in [6, 6.07) is 8.56. The second kappa shape index (κ2) is 8.12. The number of rotatable bonds is 5. The molecule has 1 aromatic carbocycles. The molecule has 1 N–H and O–H groups in total. The summed E-state index contributed by atoms with van der Waals surface area (Å²) in [4.78, 5) is 20.3. The fourth-order valence-electron chi connectivity index (χ4n) is 3.30. The lowest BCUT2D eigenvalue weighted by molar-refractivity contribution is -0.120. The van der Waals surface area contributed by atoms with Crippen molar-refractivity contribution in [2.24, 2.45) is 0 Å². The smallest absolute Gasteiger partial charge is 0.226 e. The first-order valence-electron chi connectivity index (χ1n) is 8.87. The SMILES string of the molecule is CN1CCCc2cc(CNC(=O)Cc3csc(-c4cc(Br)cs4)n3)ccc21. The van der Waals surface area contributed by atoms with Crippen molar-refractivity contribution in [2.45, 2.75) is 25.8 Å². The van der Waals surface area contributed by atoms with Crippen LogP contribution in [0.15, 0.2) is 39.5 Å². The summed E-state index contributed by atoms with van der Waals surface area (Å²) in [5, 5.41) is 8.00. The van der Waals surface area contributed by atoms with E-state index in [0.717, 1.165) is 38.6 Å². The van der Waals surface area contributed by atoms with E-state index in [9.17, 15) is 4.79 Å². The third-order valence-electron chi connectivity index (χ3n) is 4.66. The summed E-state index contributed by atoms with van der Waals surface area (Å²) >= 11 is 6.70. The van der Waals surface area contributed by atoms with Crippen molar-refractivity contribution >= 4 is 50.2 Å². The number of nitrogens with zero attached hydrogens (tertiary/aromatic N) is 2. The normalized spacial score (nSPS) is 13.5. The molecule has 1 aliphatic heterocycles. The maximum absolute atomic E-state index is 12.3. The van der Waals surface area contributed by atoms with E-state index in [1.54, 1.807) is 22.7 Å². The van der Waals surface area contributed by atoms with Crippen LogP contribution in [0.4, 0.5) is 5.69 Å². The Kier molecular flexibility index (Phi) is 5.61. The Hall–Kier alpha value is -1.70. The topological polar surface area (TPSA) is 45.2 Å². The number of benzene rings is 1. The van der Waals surface area contributed by atoms with Gasteiger partial charge in [-0.2, -0.15) is 0 Å². The van der Waals surface area contributed by atoms with Crippen molar-refractivity contribution in [3.63, 3.8) is 0 Å². The van der Waals surface area contributed by atoms with Crippen molar-refractivity contribution in [3.05, 3.63) is 56.3 Å². The largest absolute Gasteiger partial charge is 0.374 e. The molecule has 4 nitrogen and oxygen atoms in total. The van der Waals surface area contributed by atoms with Crippen LogP contribution in [0.25, 0.3) is 9.88 Å². The number of hydrogen-bond acceptors (Lipinski definition) is 5. The summed E-state index contributed by atoms with van der Waals surface area (Å²) in [6.45, 7) is 1.67. The number of amides is 1. The Morgan fingerprint density at radius 2 is 2.19 bits per heavy atom. The maximum atomic E-state index is 12.3. The minimum absolute atomic E-state index is 0.00838. The summed E-state index contributed by atoms with van der Waals surface area (Å²) in [5.41, 5.74) is 4.66. The van der Waals surface area contributed by atoms with E-state index in [1.165, 1.54) is 17.7 Å². The Labute approximate surface area is 175 Å². The van der Waals surface area contributed by atoms with Gasteiger partial charge in [0, 0.05) is 41.1 Å². The lowest BCUT2D eigenvalue weighted by Gasteiger charge is -2.27. The number of halogens is 1. The highest BCUT2D eigenvalue weighted by Gasteiger charge is 2.14. The molecule has 1 aliphatic rings. The van der Waals surface area contributed by atoms with Crippen molar-refractivity contribution < 1.29 is 4.79 Å². The number of hydrogen-bond donors (Lipinski definition) is 1. The summed E-state index contributed by atoms with van der Waals surface area (Å²) in [5.74, 6) is 0.00838. The Morgan fingerprint density at radius 1 is 1.30 bits per heavy atom. The number of anilines is 1. The zero-order valence-electron chi connectivity index (χ0n) is 15.0. The molecule has 0 bridgehead atoms. The fourth-order valence-corrected chi connectivity index (χ4v) is 5.63. The van der Waals surface area contributed by atoms with Gasteiger partial charge >= 0.3 is 0 Å². The highest BCUT2D eigenvalue weighted by Crippen LogP contribution is 2.32. The lowest BCUT2D eigenvalue weighted by Crippen LogP contribution is -2.26. The predicted octanol–water partition coefficient (Wildman–Crippen LogP) is 4.88. The number of nitrogens with one attached hydrogen (secondary N) is 1. The van der Waals surface area contributed by atoms with Gasteiger partial charge in [0.2, 0.25) is 5.91 Å². The molecule has 27 heavy (non-hydrogen) atoms. The zero-order chi connectivity index (χ0) is 18.8. The maximum Gasteiger partial charge on any atom is 0.226 e. The third kappa shape index (κ3) is 4.42. The van der Waals surface area contributed by atoms with Crippen LogP contribution in [0.2, 0.25) is 0 Å². The zero-order valence-corrected chi connectivity index (χ0v) is 18.2. The summed E-state index contributed by atoms with van der Waals surface area (Å²) in [6.07, 6.45) is 2.62. The average molecular weight is 462 g/mol. The molecule has 3 heterocycles. The van der Waals surface area contributed by atoms with Crippen molar-refractivity contribution in [2.75, 3.05) is 18.5 Å². The van der Waals surface area contributed by atoms with Crippen LogP contribution < -0.4 is 10.2 Å². The first-order valence-corrected chi connectivity index (χ1v) is 11.4. The number of aryl methyl sites for hydroxylation is 1. The van der Waals surface area contributed by atoms with E-state index in [-0.39, 0.29) is 5.91 Å². The number of carbonyl (C=O) groups excluding carboxylic acids is 1. The van der Waals surface area contributed by atoms with Gasteiger partial charge in [-0.25, -0.2) is 4.98 Å². The van der Waals surface area contributed by atoms with Gasteiger partial charge in [0.1, 0.15) is 5.01 Å². The molecular formula is C20H20BrN3OS2. The molecule has 7 heteroatoms. The molecule has 0 spiro atoms. The van der Waals surface area contributed by atoms with Crippen LogP contribution >= 0.6 is 38.6 Å². The van der Waals surface area contributed by atoms with Crippen molar-refractivity contribution in [1.82, 2.24) is 10.3 Å². The van der Waals surface area contributed by atoms with Gasteiger partial charge in [0.15, 0.2) is 0 Å². The predicted molar refractivity (Wildman–Crippen MR) is 117 cm³/mol. The van der Waals surface area contributed by atoms with Crippen molar-refractivity contribution in [1.29, 1.82) is 0 Å². The van der Waals surface area contributed by atoms with Crippen LogP contribution in [-0.4, -0.2) is 24.5 Å². The van der Waals surface area contributed by atoms with Crippen LogP contribution in [0.3, 0.4) is 0 Å². The molecule has 4 rings (SSSR count). The first kappa shape index (κ1) is 18.7.